The number of carbonyl (C=O) groups is 1. The number of alkyl halides is 3. The molecule has 5 rings (SSSR count). The highest BCUT2D eigenvalue weighted by Crippen LogP contribution is 2.38. The summed E-state index contributed by atoms with van der Waals surface area (Å²) in [6.45, 7) is 1.37. The third kappa shape index (κ3) is 6.69. The Morgan fingerprint density at radius 2 is 1.70 bits per heavy atom. The summed E-state index contributed by atoms with van der Waals surface area (Å²) < 4.78 is 55.1. The van der Waals surface area contributed by atoms with Crippen molar-refractivity contribution in [3.8, 4) is 5.75 Å². The van der Waals surface area contributed by atoms with Crippen LogP contribution in [0, 0.1) is 0 Å². The Bertz CT molecular complexity index is 1970. The Labute approximate surface area is 272 Å². The maximum atomic E-state index is 14.3. The van der Waals surface area contributed by atoms with E-state index in [-0.39, 0.29) is 28.1 Å². The fourth-order valence-corrected chi connectivity index (χ4v) is 6.12. The first-order valence-electron chi connectivity index (χ1n) is 12.8. The van der Waals surface area contributed by atoms with Crippen molar-refractivity contribution in [2.75, 3.05) is 6.61 Å². The molecule has 0 amide bonds. The van der Waals surface area contributed by atoms with E-state index < -0.39 is 35.0 Å². The molecule has 6 nitrogen and oxygen atoms in total. The number of nitrogens with zero attached hydrogens (tertiary/aromatic N) is 2. The minimum Gasteiger partial charge on any atom is -0.488 e. The third-order valence-electron chi connectivity index (χ3n) is 6.42. The van der Waals surface area contributed by atoms with Crippen molar-refractivity contribution >= 4 is 69.8 Å². The number of hydrogen-bond acceptors (Lipinski definition) is 6. The van der Waals surface area contributed by atoms with Gasteiger partial charge in [-0.15, -0.1) is 0 Å². The van der Waals surface area contributed by atoms with E-state index in [1.54, 1.807) is 36.4 Å². The van der Waals surface area contributed by atoms with Crippen LogP contribution < -0.4 is 19.6 Å². The lowest BCUT2D eigenvalue weighted by Gasteiger charge is -2.26. The Morgan fingerprint density at radius 3 is 2.36 bits per heavy atom. The highest BCUT2D eigenvalue weighted by Gasteiger charge is 2.45. The van der Waals surface area contributed by atoms with Gasteiger partial charge in [-0.25, -0.2) is 9.79 Å². The standard InChI is InChI=1S/C30H19Cl4F3N2O4S/c1-2-42-28(41)24-25(16-4-6-18(31)7-5-16)39-27(40)23(44-29(39)38-26(24)30(35,36)37)13-17-12-19(32)8-10-22(17)43-14-15-3-9-20(33)21(34)11-15/h3-13,25H,2,14H2,1H3/b23-13-/t25-/m1/s1. The second-order valence-corrected chi connectivity index (χ2v) is 12.0. The lowest BCUT2D eigenvalue weighted by molar-refractivity contribution is -0.140. The number of halogens is 7. The van der Waals surface area contributed by atoms with Crippen LogP contribution in [0.5, 0.6) is 5.75 Å². The van der Waals surface area contributed by atoms with Crippen LogP contribution in [-0.2, 0) is 16.1 Å². The number of hydrogen-bond donors (Lipinski definition) is 0. The van der Waals surface area contributed by atoms with E-state index >= 15 is 0 Å². The average molecular weight is 702 g/mol. The predicted molar refractivity (Wildman–Crippen MR) is 164 cm³/mol. The average Bonchev–Trinajstić information content (AvgIpc) is 3.28. The topological polar surface area (TPSA) is 69.9 Å². The van der Waals surface area contributed by atoms with Gasteiger partial charge in [0.2, 0.25) is 0 Å². The van der Waals surface area contributed by atoms with Gasteiger partial charge in [0.25, 0.3) is 5.56 Å². The maximum Gasteiger partial charge on any atom is 0.434 e. The molecule has 0 saturated carbocycles. The number of aromatic nitrogens is 1. The molecule has 0 spiro atoms. The van der Waals surface area contributed by atoms with Gasteiger partial charge >= 0.3 is 12.1 Å². The van der Waals surface area contributed by atoms with Crippen LogP contribution in [0.4, 0.5) is 13.2 Å². The lowest BCUT2D eigenvalue weighted by Crippen LogP contribution is -2.41. The van der Waals surface area contributed by atoms with Crippen LogP contribution in [0.15, 0.2) is 81.7 Å². The molecule has 1 aliphatic heterocycles. The lowest BCUT2D eigenvalue weighted by atomic mass is 9.95. The van der Waals surface area contributed by atoms with Gasteiger partial charge in [-0.3, -0.25) is 9.36 Å². The zero-order chi connectivity index (χ0) is 31.8. The molecule has 0 aliphatic carbocycles. The maximum absolute atomic E-state index is 14.3. The van der Waals surface area contributed by atoms with Gasteiger partial charge in [0.15, 0.2) is 10.5 Å². The largest absolute Gasteiger partial charge is 0.488 e. The minimum atomic E-state index is -5.03. The fraction of sp³-hybridized carbons (Fsp3) is 0.167. The number of allylic oxidation sites excluding steroid dienone is 1. The number of benzene rings is 3. The fourth-order valence-electron chi connectivity index (χ4n) is 4.50. The summed E-state index contributed by atoms with van der Waals surface area (Å²) in [4.78, 5) is 30.4. The molecule has 1 atom stereocenters. The molecule has 2 heterocycles. The normalized spacial score (nSPS) is 15.2. The smallest absolute Gasteiger partial charge is 0.434 e. The van der Waals surface area contributed by atoms with E-state index in [2.05, 4.69) is 4.99 Å². The summed E-state index contributed by atoms with van der Waals surface area (Å²) >= 11 is 25.1. The molecule has 1 aliphatic rings. The SMILES string of the molecule is CCOC(=O)C1=C(C(F)(F)F)N=c2s/c(=C\c3cc(Cl)ccc3OCc3ccc(Cl)c(Cl)c3)c(=O)n2[C@@H]1c1ccc(Cl)cc1. The number of fused-ring (bicyclic) bond motifs is 1. The number of carbonyl (C=O) groups excluding carboxylic acids is 1. The highest BCUT2D eigenvalue weighted by molar-refractivity contribution is 7.07. The van der Waals surface area contributed by atoms with Gasteiger partial charge in [0, 0.05) is 15.6 Å². The van der Waals surface area contributed by atoms with Gasteiger partial charge in [-0.05, 0) is 66.6 Å². The molecule has 0 saturated heterocycles. The first kappa shape index (κ1) is 32.1. The van der Waals surface area contributed by atoms with E-state index in [1.165, 1.54) is 37.3 Å². The van der Waals surface area contributed by atoms with Gasteiger partial charge in [-0.2, -0.15) is 13.2 Å². The van der Waals surface area contributed by atoms with E-state index in [4.69, 9.17) is 55.9 Å². The number of esters is 1. The van der Waals surface area contributed by atoms with Crippen molar-refractivity contribution in [1.29, 1.82) is 0 Å². The quantitative estimate of drug-likeness (QED) is 0.187. The van der Waals surface area contributed by atoms with E-state index in [0.717, 1.165) is 15.9 Å². The van der Waals surface area contributed by atoms with Gasteiger partial charge < -0.3 is 9.47 Å². The zero-order valence-electron chi connectivity index (χ0n) is 22.4. The zero-order valence-corrected chi connectivity index (χ0v) is 26.3. The highest BCUT2D eigenvalue weighted by atomic mass is 35.5. The first-order valence-corrected chi connectivity index (χ1v) is 15.1. The van der Waals surface area contributed by atoms with Crippen LogP contribution in [0.3, 0.4) is 0 Å². The van der Waals surface area contributed by atoms with Crippen LogP contribution in [-0.4, -0.2) is 23.3 Å². The second-order valence-electron chi connectivity index (χ2n) is 9.33. The van der Waals surface area contributed by atoms with Crippen LogP contribution >= 0.6 is 57.7 Å². The Balaban J connectivity index is 1.67. The second kappa shape index (κ2) is 13.0. The number of thiazole rings is 1. The predicted octanol–water partition coefficient (Wildman–Crippen LogP) is 7.53. The molecule has 1 aromatic heterocycles. The van der Waals surface area contributed by atoms with Crippen molar-refractivity contribution in [2.45, 2.75) is 25.7 Å². The summed E-state index contributed by atoms with van der Waals surface area (Å²) in [5, 5.41) is 1.37. The van der Waals surface area contributed by atoms with Crippen molar-refractivity contribution in [3.63, 3.8) is 0 Å². The molecule has 0 radical (unpaired) electrons. The molecule has 228 valence electrons. The van der Waals surface area contributed by atoms with Crippen LogP contribution in [0.2, 0.25) is 20.1 Å². The molecular weight excluding hydrogens is 683 g/mol. The summed E-state index contributed by atoms with van der Waals surface area (Å²) in [7, 11) is 0. The van der Waals surface area contributed by atoms with E-state index in [1.807, 2.05) is 0 Å². The van der Waals surface area contributed by atoms with Crippen LogP contribution in [0.25, 0.3) is 6.08 Å². The molecule has 14 heteroatoms. The molecule has 0 bridgehead atoms. The summed E-state index contributed by atoms with van der Waals surface area (Å²) in [5.41, 5.74) is -1.64. The van der Waals surface area contributed by atoms with E-state index in [9.17, 15) is 22.8 Å². The molecule has 0 N–H and O–H groups in total. The van der Waals surface area contributed by atoms with Crippen molar-refractivity contribution in [1.82, 2.24) is 4.57 Å². The Hall–Kier alpha value is -3.28. The third-order valence-corrected chi connectivity index (χ3v) is 8.63. The monoisotopic (exact) mass is 700 g/mol. The number of ether oxygens (including phenoxy) is 2. The van der Waals surface area contributed by atoms with Crippen molar-refractivity contribution in [3.05, 3.63) is 128 Å². The van der Waals surface area contributed by atoms with E-state index in [0.29, 0.717) is 37.0 Å². The van der Waals surface area contributed by atoms with Crippen molar-refractivity contribution in [2.24, 2.45) is 4.99 Å². The molecule has 4 aromatic rings. The van der Waals surface area contributed by atoms with Crippen LogP contribution in [0.1, 0.15) is 29.7 Å². The molecule has 0 fully saturated rings. The molecular formula is C30H19Cl4F3N2O4S. The Kier molecular flexibility index (Phi) is 9.48. The molecule has 0 unspecified atom stereocenters. The Morgan fingerprint density at radius 1 is 1.00 bits per heavy atom. The summed E-state index contributed by atoms with van der Waals surface area (Å²) in [6.07, 6.45) is -3.58. The summed E-state index contributed by atoms with van der Waals surface area (Å²) in [6, 6.07) is 14.0. The minimum absolute atomic E-state index is 0.0241. The van der Waals surface area contributed by atoms with Gasteiger partial charge in [0.1, 0.15) is 12.4 Å². The van der Waals surface area contributed by atoms with Gasteiger partial charge in [0.05, 0.1) is 32.8 Å². The molecule has 44 heavy (non-hydrogen) atoms. The van der Waals surface area contributed by atoms with Crippen molar-refractivity contribution < 1.29 is 27.4 Å². The van der Waals surface area contributed by atoms with Gasteiger partial charge in [-0.1, -0.05) is 75.9 Å². The molecule has 3 aromatic carbocycles. The first-order chi connectivity index (χ1) is 20.9. The number of rotatable bonds is 7. The summed E-state index contributed by atoms with van der Waals surface area (Å²) in [5.74, 6) is -0.908.